The molecule has 0 saturated heterocycles. The maximum absolute atomic E-state index is 14.0. The molecule has 1 heterocycles. The lowest BCUT2D eigenvalue weighted by Crippen LogP contribution is -2.21. The monoisotopic (exact) mass is 357 g/mol. The van der Waals surface area contributed by atoms with E-state index in [4.69, 9.17) is 4.74 Å². The Kier molecular flexibility index (Phi) is 3.33. The Labute approximate surface area is 128 Å². The predicted octanol–water partition coefficient (Wildman–Crippen LogP) is 4.33. The number of ketones is 1. The standard InChI is InChI=1S/C14H13BrFNO2S/c1-14(2)5-9(18)11(6-14)19-10-4-12-8(3-7(10)16)17-13(15)20-12/h3-4,11H,5-6H2,1-2H3. The largest absolute Gasteiger partial charge is 0.480 e. The molecule has 1 aromatic carbocycles. The van der Waals surface area contributed by atoms with E-state index < -0.39 is 11.9 Å². The summed E-state index contributed by atoms with van der Waals surface area (Å²) >= 11 is 4.68. The second kappa shape index (κ2) is 4.77. The van der Waals surface area contributed by atoms with Crippen molar-refractivity contribution in [2.75, 3.05) is 0 Å². The minimum absolute atomic E-state index is 0.0417. The summed E-state index contributed by atoms with van der Waals surface area (Å²) in [6.45, 7) is 4.04. The number of aromatic nitrogens is 1. The molecule has 20 heavy (non-hydrogen) atoms. The van der Waals surface area contributed by atoms with Crippen LogP contribution in [0.4, 0.5) is 4.39 Å². The van der Waals surface area contributed by atoms with E-state index in [-0.39, 0.29) is 16.9 Å². The molecule has 3 nitrogen and oxygen atoms in total. The van der Waals surface area contributed by atoms with Crippen LogP contribution in [0.5, 0.6) is 5.75 Å². The van der Waals surface area contributed by atoms with Gasteiger partial charge in [-0.05, 0) is 27.8 Å². The Bertz CT molecular complexity index is 698. The highest BCUT2D eigenvalue weighted by atomic mass is 79.9. The number of benzene rings is 1. The van der Waals surface area contributed by atoms with Crippen LogP contribution >= 0.6 is 27.3 Å². The number of hydrogen-bond acceptors (Lipinski definition) is 4. The number of ether oxygens (including phenoxy) is 1. The normalized spacial score (nSPS) is 21.6. The average molecular weight is 358 g/mol. The maximum atomic E-state index is 14.0. The third kappa shape index (κ3) is 2.59. The molecule has 0 spiro atoms. The van der Waals surface area contributed by atoms with E-state index in [2.05, 4.69) is 20.9 Å². The molecule has 106 valence electrons. The molecule has 6 heteroatoms. The van der Waals surface area contributed by atoms with E-state index in [1.807, 2.05) is 13.8 Å². The molecule has 0 N–H and O–H groups in total. The fraction of sp³-hybridized carbons (Fsp3) is 0.429. The van der Waals surface area contributed by atoms with Crippen LogP contribution in [0, 0.1) is 11.2 Å². The molecular formula is C14H13BrFNO2S. The average Bonchev–Trinajstić information content (AvgIpc) is 2.78. The van der Waals surface area contributed by atoms with Crippen molar-refractivity contribution in [2.24, 2.45) is 5.41 Å². The van der Waals surface area contributed by atoms with Gasteiger partial charge in [-0.15, -0.1) is 11.3 Å². The zero-order valence-electron chi connectivity index (χ0n) is 11.1. The molecule has 1 fully saturated rings. The van der Waals surface area contributed by atoms with Gasteiger partial charge in [0, 0.05) is 18.6 Å². The van der Waals surface area contributed by atoms with Crippen molar-refractivity contribution in [3.63, 3.8) is 0 Å². The number of carbonyl (C=O) groups is 1. The molecule has 1 atom stereocenters. The summed E-state index contributed by atoms with van der Waals surface area (Å²) in [5.41, 5.74) is 0.514. The Hall–Kier alpha value is -1.01. The molecule has 0 amide bonds. The van der Waals surface area contributed by atoms with Crippen molar-refractivity contribution in [3.8, 4) is 5.75 Å². The highest BCUT2D eigenvalue weighted by Crippen LogP contribution is 2.38. The smallest absolute Gasteiger partial charge is 0.173 e. The molecule has 1 aromatic heterocycles. The molecule has 0 aliphatic heterocycles. The van der Waals surface area contributed by atoms with Gasteiger partial charge in [0.1, 0.15) is 0 Å². The molecule has 0 radical (unpaired) electrons. The third-order valence-corrected chi connectivity index (χ3v) is 4.90. The van der Waals surface area contributed by atoms with Crippen molar-refractivity contribution >= 4 is 43.3 Å². The van der Waals surface area contributed by atoms with Crippen molar-refractivity contribution < 1.29 is 13.9 Å². The SMILES string of the molecule is CC1(C)CC(=O)C(Oc2cc3sc(Br)nc3cc2F)C1. The van der Waals surface area contributed by atoms with Gasteiger partial charge in [-0.3, -0.25) is 4.79 Å². The molecule has 1 saturated carbocycles. The number of rotatable bonds is 2. The Morgan fingerprint density at radius 3 is 2.90 bits per heavy atom. The maximum Gasteiger partial charge on any atom is 0.173 e. The third-order valence-electron chi connectivity index (χ3n) is 3.44. The minimum atomic E-state index is -0.548. The van der Waals surface area contributed by atoms with Gasteiger partial charge in [0.15, 0.2) is 27.4 Å². The van der Waals surface area contributed by atoms with Crippen molar-refractivity contribution in [1.29, 1.82) is 0 Å². The van der Waals surface area contributed by atoms with Crippen LogP contribution in [0.3, 0.4) is 0 Å². The van der Waals surface area contributed by atoms with Crippen LogP contribution in [0.1, 0.15) is 26.7 Å². The van der Waals surface area contributed by atoms with Gasteiger partial charge >= 0.3 is 0 Å². The number of nitrogens with zero attached hydrogens (tertiary/aromatic N) is 1. The number of thiazole rings is 1. The van der Waals surface area contributed by atoms with Gasteiger partial charge in [-0.2, -0.15) is 0 Å². The fourth-order valence-electron chi connectivity index (χ4n) is 2.53. The van der Waals surface area contributed by atoms with Crippen molar-refractivity contribution in [1.82, 2.24) is 4.98 Å². The van der Waals surface area contributed by atoms with E-state index in [1.165, 1.54) is 17.4 Å². The number of Topliss-reactive ketones (excluding diaryl/α,β-unsaturated/α-hetero) is 1. The Morgan fingerprint density at radius 1 is 1.50 bits per heavy atom. The van der Waals surface area contributed by atoms with Crippen LogP contribution in [-0.2, 0) is 4.79 Å². The van der Waals surface area contributed by atoms with Gasteiger partial charge < -0.3 is 4.74 Å². The highest BCUT2D eigenvalue weighted by molar-refractivity contribution is 9.11. The number of carbonyl (C=O) groups excluding carboxylic acids is 1. The van der Waals surface area contributed by atoms with Crippen LogP contribution in [0.25, 0.3) is 10.2 Å². The van der Waals surface area contributed by atoms with Gasteiger partial charge in [0.05, 0.1) is 10.2 Å². The zero-order valence-corrected chi connectivity index (χ0v) is 13.5. The molecule has 3 rings (SSSR count). The summed E-state index contributed by atoms with van der Waals surface area (Å²) in [5.74, 6) is -0.308. The van der Waals surface area contributed by atoms with Crippen molar-refractivity contribution in [3.05, 3.63) is 21.9 Å². The summed E-state index contributed by atoms with van der Waals surface area (Å²) < 4.78 is 21.2. The second-order valence-corrected chi connectivity index (χ2v) is 8.14. The number of hydrogen-bond donors (Lipinski definition) is 0. The lowest BCUT2D eigenvalue weighted by molar-refractivity contribution is -0.123. The van der Waals surface area contributed by atoms with Crippen molar-refractivity contribution in [2.45, 2.75) is 32.8 Å². The molecule has 1 aliphatic rings. The van der Waals surface area contributed by atoms with Gasteiger partial charge in [0.2, 0.25) is 0 Å². The molecule has 1 aliphatic carbocycles. The quantitative estimate of drug-likeness (QED) is 0.802. The second-order valence-electron chi connectivity index (χ2n) is 5.84. The van der Waals surface area contributed by atoms with E-state index in [0.717, 1.165) is 4.70 Å². The summed E-state index contributed by atoms with van der Waals surface area (Å²) in [4.78, 5) is 16.1. The fourth-order valence-corrected chi connectivity index (χ4v) is 3.94. The first-order valence-electron chi connectivity index (χ1n) is 6.29. The Balaban J connectivity index is 1.91. The van der Waals surface area contributed by atoms with E-state index in [1.54, 1.807) is 6.07 Å². The van der Waals surface area contributed by atoms with Crippen LogP contribution in [0.2, 0.25) is 0 Å². The Morgan fingerprint density at radius 2 is 2.25 bits per heavy atom. The first-order valence-corrected chi connectivity index (χ1v) is 7.90. The van der Waals surface area contributed by atoms with Crippen LogP contribution in [0.15, 0.2) is 16.0 Å². The lowest BCUT2D eigenvalue weighted by atomic mass is 9.92. The molecule has 0 bridgehead atoms. The topological polar surface area (TPSA) is 39.2 Å². The van der Waals surface area contributed by atoms with Gasteiger partial charge in [-0.1, -0.05) is 13.8 Å². The van der Waals surface area contributed by atoms with Crippen LogP contribution < -0.4 is 4.74 Å². The first-order chi connectivity index (χ1) is 9.34. The minimum Gasteiger partial charge on any atom is -0.480 e. The van der Waals surface area contributed by atoms with Crippen LogP contribution in [-0.4, -0.2) is 16.9 Å². The predicted molar refractivity (Wildman–Crippen MR) is 79.7 cm³/mol. The number of fused-ring (bicyclic) bond motifs is 1. The van der Waals surface area contributed by atoms with Gasteiger partial charge in [0.25, 0.3) is 0 Å². The summed E-state index contributed by atoms with van der Waals surface area (Å²) in [6.07, 6.45) is 0.553. The summed E-state index contributed by atoms with van der Waals surface area (Å²) in [7, 11) is 0. The zero-order chi connectivity index (χ0) is 14.5. The molecule has 1 unspecified atom stereocenters. The van der Waals surface area contributed by atoms with E-state index in [9.17, 15) is 9.18 Å². The number of halogens is 2. The van der Waals surface area contributed by atoms with Gasteiger partial charge in [-0.25, -0.2) is 9.37 Å². The first kappa shape index (κ1) is 13.9. The molecule has 2 aromatic rings. The lowest BCUT2D eigenvalue weighted by Gasteiger charge is -2.16. The molecular weight excluding hydrogens is 345 g/mol. The van der Waals surface area contributed by atoms with E-state index >= 15 is 0 Å². The summed E-state index contributed by atoms with van der Waals surface area (Å²) in [5, 5.41) is 0. The van der Waals surface area contributed by atoms with E-state index in [0.29, 0.717) is 22.3 Å². The highest BCUT2D eigenvalue weighted by Gasteiger charge is 2.39. The summed E-state index contributed by atoms with van der Waals surface area (Å²) in [6, 6.07) is 2.96.